The molecule has 1 nitrogen and oxygen atoms in total. The van der Waals surface area contributed by atoms with Gasteiger partial charge >= 0.3 is 0 Å². The van der Waals surface area contributed by atoms with E-state index in [4.69, 9.17) is 5.11 Å². The molecule has 0 atom stereocenters. The molecule has 0 spiro atoms. The second-order valence-corrected chi connectivity index (χ2v) is 2.76. The number of hydrogen-bond acceptors (Lipinski definition) is 1. The van der Waals surface area contributed by atoms with Gasteiger partial charge in [0.25, 0.3) is 0 Å². The highest BCUT2D eigenvalue weighted by Crippen LogP contribution is 2.18. The van der Waals surface area contributed by atoms with Crippen molar-refractivity contribution in [3.63, 3.8) is 0 Å². The van der Waals surface area contributed by atoms with Gasteiger partial charge in [0.1, 0.15) is 0 Å². The minimum Gasteiger partial charge on any atom is -0.396 e. The lowest BCUT2D eigenvalue weighted by atomic mass is 9.91. The van der Waals surface area contributed by atoms with E-state index in [-0.39, 0.29) is 18.7 Å². The Morgan fingerprint density at radius 3 is 2.12 bits per heavy atom. The minimum atomic E-state index is -0.340. The van der Waals surface area contributed by atoms with Crippen molar-refractivity contribution in [2.24, 2.45) is 5.41 Å². The summed E-state index contributed by atoms with van der Waals surface area (Å²) in [4.78, 5) is 0. The molecule has 0 heterocycles. The van der Waals surface area contributed by atoms with Gasteiger partial charge in [-0.05, 0) is 11.8 Å². The molecule has 0 aromatic heterocycles. The molecule has 0 aromatic rings. The summed E-state index contributed by atoms with van der Waals surface area (Å²) in [5, 5.41) is 8.56. The molecule has 2 heteroatoms. The van der Waals surface area contributed by atoms with Crippen molar-refractivity contribution < 1.29 is 9.50 Å². The number of alkyl halides is 1. The summed E-state index contributed by atoms with van der Waals surface area (Å²) < 4.78 is 11.6. The zero-order valence-corrected chi connectivity index (χ0v) is 5.45. The van der Waals surface area contributed by atoms with Crippen molar-refractivity contribution in [1.29, 1.82) is 0 Å². The SMILES string of the molecule is CC(C)(CO)CCF. The van der Waals surface area contributed by atoms with E-state index in [2.05, 4.69) is 0 Å². The first kappa shape index (κ1) is 7.89. The maximum Gasteiger partial charge on any atom is 0.0900 e. The van der Waals surface area contributed by atoms with Gasteiger partial charge in [0.15, 0.2) is 0 Å². The normalized spacial score (nSPS) is 12.0. The van der Waals surface area contributed by atoms with Crippen LogP contribution in [0.25, 0.3) is 0 Å². The molecule has 0 aromatic carbocycles. The molecule has 1 N–H and O–H groups in total. The van der Waals surface area contributed by atoms with Gasteiger partial charge < -0.3 is 5.11 Å². The maximum atomic E-state index is 11.6. The highest BCUT2D eigenvalue weighted by Gasteiger charge is 2.14. The average Bonchev–Trinajstić information content (AvgIpc) is 1.67. The van der Waals surface area contributed by atoms with Crippen molar-refractivity contribution in [3.8, 4) is 0 Å². The van der Waals surface area contributed by atoms with Gasteiger partial charge in [-0.25, -0.2) is 0 Å². The zero-order valence-electron chi connectivity index (χ0n) is 5.45. The van der Waals surface area contributed by atoms with E-state index < -0.39 is 0 Å². The largest absolute Gasteiger partial charge is 0.396 e. The van der Waals surface area contributed by atoms with E-state index >= 15 is 0 Å². The molecular formula is C6H13FO. The number of aliphatic hydroxyl groups is 1. The van der Waals surface area contributed by atoms with Crippen LogP contribution in [0.15, 0.2) is 0 Å². The fraction of sp³-hybridized carbons (Fsp3) is 1.00. The number of halogens is 1. The standard InChI is InChI=1S/C6H13FO/c1-6(2,5-8)3-4-7/h8H,3-5H2,1-2H3. The molecule has 0 unspecified atom stereocenters. The Labute approximate surface area is 49.5 Å². The average molecular weight is 120 g/mol. The third-order valence-corrected chi connectivity index (χ3v) is 1.20. The molecule has 0 saturated heterocycles. The summed E-state index contributed by atoms with van der Waals surface area (Å²) in [6, 6.07) is 0. The molecule has 0 aliphatic rings. The van der Waals surface area contributed by atoms with E-state index in [1.807, 2.05) is 13.8 Å². The van der Waals surface area contributed by atoms with Crippen LogP contribution in [0.4, 0.5) is 4.39 Å². The van der Waals surface area contributed by atoms with Gasteiger partial charge in [-0.15, -0.1) is 0 Å². The Bertz CT molecular complexity index is 61.5. The van der Waals surface area contributed by atoms with Crippen LogP contribution < -0.4 is 0 Å². The molecule has 0 aliphatic carbocycles. The summed E-state index contributed by atoms with van der Waals surface area (Å²) >= 11 is 0. The summed E-state index contributed by atoms with van der Waals surface area (Å²) in [6.07, 6.45) is 0.448. The van der Waals surface area contributed by atoms with Crippen LogP contribution in [0.1, 0.15) is 20.3 Å². The molecule has 0 saturated carbocycles. The van der Waals surface area contributed by atoms with Crippen LogP contribution in [0.5, 0.6) is 0 Å². The smallest absolute Gasteiger partial charge is 0.0900 e. The van der Waals surface area contributed by atoms with Crippen LogP contribution in [0.3, 0.4) is 0 Å². The molecule has 0 amide bonds. The zero-order chi connectivity index (χ0) is 6.62. The third kappa shape index (κ3) is 2.97. The van der Waals surface area contributed by atoms with Gasteiger partial charge in [-0.3, -0.25) is 4.39 Å². The molecule has 0 fully saturated rings. The fourth-order valence-corrected chi connectivity index (χ4v) is 0.335. The first-order valence-electron chi connectivity index (χ1n) is 2.79. The number of rotatable bonds is 3. The van der Waals surface area contributed by atoms with Gasteiger partial charge in [0.05, 0.1) is 6.67 Å². The predicted molar refractivity (Wildman–Crippen MR) is 31.5 cm³/mol. The van der Waals surface area contributed by atoms with Crippen LogP contribution in [0.2, 0.25) is 0 Å². The highest BCUT2D eigenvalue weighted by atomic mass is 19.1. The highest BCUT2D eigenvalue weighted by molar-refractivity contribution is 4.65. The van der Waals surface area contributed by atoms with E-state index in [0.717, 1.165) is 0 Å². The Balaban J connectivity index is 3.37. The van der Waals surface area contributed by atoms with Crippen LogP contribution in [0, 0.1) is 5.41 Å². The third-order valence-electron chi connectivity index (χ3n) is 1.20. The lowest BCUT2D eigenvalue weighted by Gasteiger charge is -2.18. The molecule has 50 valence electrons. The van der Waals surface area contributed by atoms with Crippen LogP contribution in [-0.2, 0) is 0 Å². The van der Waals surface area contributed by atoms with Gasteiger partial charge in [-0.2, -0.15) is 0 Å². The summed E-state index contributed by atoms with van der Waals surface area (Å²) in [7, 11) is 0. The second kappa shape index (κ2) is 3.02. The topological polar surface area (TPSA) is 20.2 Å². The quantitative estimate of drug-likeness (QED) is 0.596. The summed E-state index contributed by atoms with van der Waals surface area (Å²) in [6.45, 7) is 3.41. The van der Waals surface area contributed by atoms with Crippen molar-refractivity contribution in [3.05, 3.63) is 0 Å². The molecule has 0 radical (unpaired) electrons. The van der Waals surface area contributed by atoms with Crippen molar-refractivity contribution >= 4 is 0 Å². The summed E-state index contributed by atoms with van der Waals surface area (Å²) in [5.41, 5.74) is -0.227. The Morgan fingerprint density at radius 1 is 1.50 bits per heavy atom. The Kier molecular flexibility index (Phi) is 2.98. The van der Waals surface area contributed by atoms with E-state index in [0.29, 0.717) is 6.42 Å². The number of hydrogen-bond donors (Lipinski definition) is 1. The monoisotopic (exact) mass is 120 g/mol. The lowest BCUT2D eigenvalue weighted by Crippen LogP contribution is -2.16. The van der Waals surface area contributed by atoms with Crippen LogP contribution in [-0.4, -0.2) is 18.4 Å². The molecular weight excluding hydrogens is 107 g/mol. The van der Waals surface area contributed by atoms with E-state index in [1.165, 1.54) is 0 Å². The Hall–Kier alpha value is -0.110. The second-order valence-electron chi connectivity index (χ2n) is 2.76. The molecule has 8 heavy (non-hydrogen) atoms. The molecule has 0 rings (SSSR count). The fourth-order valence-electron chi connectivity index (χ4n) is 0.335. The molecule has 0 bridgehead atoms. The van der Waals surface area contributed by atoms with E-state index in [1.54, 1.807) is 0 Å². The van der Waals surface area contributed by atoms with Crippen molar-refractivity contribution in [2.75, 3.05) is 13.3 Å². The first-order valence-corrected chi connectivity index (χ1v) is 2.79. The molecule has 0 aliphatic heterocycles. The lowest BCUT2D eigenvalue weighted by molar-refractivity contribution is 0.141. The van der Waals surface area contributed by atoms with E-state index in [9.17, 15) is 4.39 Å². The van der Waals surface area contributed by atoms with Gasteiger partial charge in [0.2, 0.25) is 0 Å². The van der Waals surface area contributed by atoms with Crippen molar-refractivity contribution in [2.45, 2.75) is 20.3 Å². The van der Waals surface area contributed by atoms with Gasteiger partial charge in [0, 0.05) is 6.61 Å². The number of aliphatic hydroxyl groups excluding tert-OH is 1. The Morgan fingerprint density at radius 2 is 2.00 bits per heavy atom. The van der Waals surface area contributed by atoms with Crippen LogP contribution >= 0.6 is 0 Å². The van der Waals surface area contributed by atoms with Crippen molar-refractivity contribution in [1.82, 2.24) is 0 Å². The summed E-state index contributed by atoms with van der Waals surface area (Å²) in [5.74, 6) is 0. The van der Waals surface area contributed by atoms with Gasteiger partial charge in [-0.1, -0.05) is 13.8 Å². The minimum absolute atomic E-state index is 0.0664. The predicted octanol–water partition coefficient (Wildman–Crippen LogP) is 1.36. The first-order chi connectivity index (χ1) is 3.62. The maximum absolute atomic E-state index is 11.6.